The third-order valence-electron chi connectivity index (χ3n) is 4.25. The lowest BCUT2D eigenvalue weighted by Crippen LogP contribution is -2.63. The highest BCUT2D eigenvalue weighted by molar-refractivity contribution is 4.91. The quantitative estimate of drug-likeness (QED) is 0.413. The van der Waals surface area contributed by atoms with Gasteiger partial charge < -0.3 is 4.48 Å². The maximum atomic E-state index is 3.95. The second kappa shape index (κ2) is 2.59. The van der Waals surface area contributed by atoms with Crippen LogP contribution in [0.1, 0.15) is 19.8 Å². The minimum Gasteiger partial charge on any atom is -0.323 e. The van der Waals surface area contributed by atoms with Gasteiger partial charge in [-0.05, 0) is 12.8 Å². The van der Waals surface area contributed by atoms with Gasteiger partial charge in [0.15, 0.2) is 0 Å². The van der Waals surface area contributed by atoms with Gasteiger partial charge in [0.2, 0.25) is 0 Å². The van der Waals surface area contributed by atoms with E-state index in [1.54, 1.807) is 0 Å². The van der Waals surface area contributed by atoms with Crippen molar-refractivity contribution < 1.29 is 4.48 Å². The summed E-state index contributed by atoms with van der Waals surface area (Å²) < 4.78 is 1.30. The molecule has 1 heteroatoms. The molecular formula is C11H20N+. The van der Waals surface area contributed by atoms with Crippen LogP contribution >= 0.6 is 0 Å². The number of nitrogens with zero attached hydrogens (tertiary/aromatic N) is 1. The molecule has 3 heterocycles. The first-order chi connectivity index (χ1) is 5.65. The fourth-order valence-electron chi connectivity index (χ4n) is 3.05. The SMILES string of the molecule is C=CC1C[N+]2(C)CCC1CC2C. The van der Waals surface area contributed by atoms with E-state index in [0.29, 0.717) is 0 Å². The Labute approximate surface area is 75.7 Å². The molecule has 4 unspecified atom stereocenters. The molecule has 3 fully saturated rings. The van der Waals surface area contributed by atoms with Crippen molar-refractivity contribution in [3.63, 3.8) is 0 Å². The summed E-state index contributed by atoms with van der Waals surface area (Å²) in [6.45, 7) is 9.10. The standard InChI is InChI=1S/C11H20N/c1-4-10-8-12(3)6-5-11(10)7-9(12)2/h4,9-11H,1,5-8H2,2-3H3/q+1. The van der Waals surface area contributed by atoms with Crippen LogP contribution in [0.15, 0.2) is 12.7 Å². The smallest absolute Gasteiger partial charge is 0.0862 e. The van der Waals surface area contributed by atoms with Crippen molar-refractivity contribution in [2.45, 2.75) is 25.8 Å². The van der Waals surface area contributed by atoms with E-state index in [1.165, 1.54) is 30.4 Å². The van der Waals surface area contributed by atoms with Crippen LogP contribution in [0.5, 0.6) is 0 Å². The Balaban J connectivity index is 2.20. The first kappa shape index (κ1) is 8.31. The molecule has 12 heavy (non-hydrogen) atoms. The third-order valence-corrected chi connectivity index (χ3v) is 4.25. The van der Waals surface area contributed by atoms with Crippen molar-refractivity contribution >= 4 is 0 Å². The lowest BCUT2D eigenvalue weighted by molar-refractivity contribution is -0.950. The summed E-state index contributed by atoms with van der Waals surface area (Å²) in [6, 6.07) is 0.889. The summed E-state index contributed by atoms with van der Waals surface area (Å²) in [4.78, 5) is 0. The van der Waals surface area contributed by atoms with E-state index in [2.05, 4.69) is 26.6 Å². The van der Waals surface area contributed by atoms with E-state index in [0.717, 1.165) is 17.9 Å². The summed E-state index contributed by atoms with van der Waals surface area (Å²) in [5.41, 5.74) is 0. The molecule has 0 radical (unpaired) electrons. The minimum atomic E-state index is 0.806. The summed E-state index contributed by atoms with van der Waals surface area (Å²) in [6.07, 6.45) is 5.04. The van der Waals surface area contributed by atoms with Gasteiger partial charge in [-0.3, -0.25) is 0 Å². The molecule has 0 aromatic carbocycles. The van der Waals surface area contributed by atoms with Gasteiger partial charge in [0, 0.05) is 18.8 Å². The topological polar surface area (TPSA) is 0 Å². The predicted molar refractivity (Wildman–Crippen MR) is 51.8 cm³/mol. The van der Waals surface area contributed by atoms with Crippen LogP contribution in [-0.2, 0) is 0 Å². The fourth-order valence-corrected chi connectivity index (χ4v) is 3.05. The number of fused-ring (bicyclic) bond motifs is 3. The van der Waals surface area contributed by atoms with E-state index < -0.39 is 0 Å². The van der Waals surface area contributed by atoms with Crippen molar-refractivity contribution in [2.75, 3.05) is 20.1 Å². The minimum absolute atomic E-state index is 0.806. The highest BCUT2D eigenvalue weighted by Crippen LogP contribution is 2.40. The average molecular weight is 166 g/mol. The van der Waals surface area contributed by atoms with E-state index >= 15 is 0 Å². The van der Waals surface area contributed by atoms with Gasteiger partial charge in [-0.15, -0.1) is 6.58 Å². The zero-order valence-electron chi connectivity index (χ0n) is 8.29. The first-order valence-electron chi connectivity index (χ1n) is 5.12. The molecule has 1 nitrogen and oxygen atoms in total. The van der Waals surface area contributed by atoms with Gasteiger partial charge in [0.1, 0.15) is 0 Å². The molecule has 0 amide bonds. The monoisotopic (exact) mass is 166 g/mol. The Morgan fingerprint density at radius 1 is 1.50 bits per heavy atom. The Kier molecular flexibility index (Phi) is 1.80. The van der Waals surface area contributed by atoms with Crippen LogP contribution in [-0.4, -0.2) is 30.7 Å². The van der Waals surface area contributed by atoms with Gasteiger partial charge in [0.25, 0.3) is 0 Å². The average Bonchev–Trinajstić information content (AvgIpc) is 2.07. The van der Waals surface area contributed by atoms with Gasteiger partial charge in [0.05, 0.1) is 26.2 Å². The van der Waals surface area contributed by atoms with Gasteiger partial charge in [-0.1, -0.05) is 6.08 Å². The summed E-state index contributed by atoms with van der Waals surface area (Å²) in [5.74, 6) is 1.76. The second-order valence-corrected chi connectivity index (χ2v) is 4.92. The summed E-state index contributed by atoms with van der Waals surface area (Å²) in [5, 5.41) is 0. The Hall–Kier alpha value is -0.300. The maximum absolute atomic E-state index is 3.95. The number of quaternary nitrogens is 1. The van der Waals surface area contributed by atoms with Crippen molar-refractivity contribution in [2.24, 2.45) is 11.8 Å². The molecule has 0 aromatic heterocycles. The Morgan fingerprint density at radius 2 is 2.25 bits per heavy atom. The maximum Gasteiger partial charge on any atom is 0.0862 e. The Morgan fingerprint density at radius 3 is 2.75 bits per heavy atom. The van der Waals surface area contributed by atoms with Crippen molar-refractivity contribution in [3.8, 4) is 0 Å². The second-order valence-electron chi connectivity index (χ2n) is 4.92. The van der Waals surface area contributed by atoms with Gasteiger partial charge >= 0.3 is 0 Å². The van der Waals surface area contributed by atoms with E-state index in [9.17, 15) is 0 Å². The van der Waals surface area contributed by atoms with Crippen molar-refractivity contribution in [1.82, 2.24) is 0 Å². The number of hydrogen-bond acceptors (Lipinski definition) is 0. The molecule has 0 N–H and O–H groups in total. The molecular weight excluding hydrogens is 146 g/mol. The molecule has 3 aliphatic rings. The number of hydrogen-bond donors (Lipinski definition) is 0. The molecule has 2 bridgehead atoms. The van der Waals surface area contributed by atoms with Crippen LogP contribution in [0.3, 0.4) is 0 Å². The van der Waals surface area contributed by atoms with Crippen molar-refractivity contribution in [3.05, 3.63) is 12.7 Å². The van der Waals surface area contributed by atoms with E-state index in [1.807, 2.05) is 0 Å². The molecule has 3 rings (SSSR count). The number of piperidine rings is 3. The molecule has 0 saturated carbocycles. The molecule has 68 valence electrons. The summed E-state index contributed by atoms with van der Waals surface area (Å²) >= 11 is 0. The Bertz CT molecular complexity index is 199. The normalized spacial score (nSPS) is 52.3. The van der Waals surface area contributed by atoms with Crippen LogP contribution in [0.25, 0.3) is 0 Å². The highest BCUT2D eigenvalue weighted by Gasteiger charge is 2.46. The lowest BCUT2D eigenvalue weighted by Gasteiger charge is -2.54. The highest BCUT2D eigenvalue weighted by atomic mass is 15.4. The van der Waals surface area contributed by atoms with Crippen LogP contribution < -0.4 is 0 Å². The molecule has 4 atom stereocenters. The van der Waals surface area contributed by atoms with Crippen LogP contribution in [0, 0.1) is 11.8 Å². The van der Waals surface area contributed by atoms with Crippen LogP contribution in [0.2, 0.25) is 0 Å². The largest absolute Gasteiger partial charge is 0.323 e. The van der Waals surface area contributed by atoms with Crippen molar-refractivity contribution in [1.29, 1.82) is 0 Å². The van der Waals surface area contributed by atoms with Gasteiger partial charge in [-0.2, -0.15) is 0 Å². The molecule has 0 spiro atoms. The first-order valence-corrected chi connectivity index (χ1v) is 5.12. The van der Waals surface area contributed by atoms with Crippen LogP contribution in [0.4, 0.5) is 0 Å². The molecule has 3 saturated heterocycles. The molecule has 0 aliphatic carbocycles. The summed E-state index contributed by atoms with van der Waals surface area (Å²) in [7, 11) is 2.41. The number of rotatable bonds is 1. The lowest BCUT2D eigenvalue weighted by atomic mass is 9.74. The zero-order chi connectivity index (χ0) is 8.77. The van der Waals surface area contributed by atoms with E-state index in [4.69, 9.17) is 0 Å². The zero-order valence-corrected chi connectivity index (χ0v) is 8.29. The fraction of sp³-hybridized carbons (Fsp3) is 0.818. The molecule has 3 aliphatic heterocycles. The third kappa shape index (κ3) is 1.03. The predicted octanol–water partition coefficient (Wildman–Crippen LogP) is 2.05. The molecule has 0 aromatic rings. The van der Waals surface area contributed by atoms with Gasteiger partial charge in [-0.25, -0.2) is 0 Å². The van der Waals surface area contributed by atoms with E-state index in [-0.39, 0.29) is 0 Å².